The second kappa shape index (κ2) is 6.23. The minimum Gasteiger partial charge on any atom is -0.369 e. The Hall–Kier alpha value is -2.30. The Bertz CT molecular complexity index is 591. The zero-order chi connectivity index (χ0) is 14.5. The first-order valence-electron chi connectivity index (χ1n) is 6.74. The number of carbonyl (C=O) groups is 1. The Morgan fingerprint density at radius 3 is 2.95 bits per heavy atom. The van der Waals surface area contributed by atoms with Gasteiger partial charge >= 0.3 is 0 Å². The number of hydrogen-bond donors (Lipinski definition) is 2. The van der Waals surface area contributed by atoms with Crippen molar-refractivity contribution < 1.29 is 4.79 Å². The molecule has 0 bridgehead atoms. The van der Waals surface area contributed by atoms with Crippen molar-refractivity contribution in [1.29, 1.82) is 0 Å². The minimum atomic E-state index is -0.578. The average Bonchev–Trinajstić information content (AvgIpc) is 2.84. The lowest BCUT2D eigenvalue weighted by Crippen LogP contribution is -2.29. The molecule has 106 valence electrons. The third kappa shape index (κ3) is 3.17. The smallest absolute Gasteiger partial charge is 0.246 e. The number of rotatable bonds is 6. The highest BCUT2D eigenvalue weighted by Crippen LogP contribution is 2.20. The summed E-state index contributed by atoms with van der Waals surface area (Å²) in [6.45, 7) is 4.90. The molecule has 1 atom stereocenters. The highest BCUT2D eigenvalue weighted by molar-refractivity contribution is 5.84. The number of anilines is 1. The van der Waals surface area contributed by atoms with Gasteiger partial charge in [-0.05, 0) is 31.0 Å². The van der Waals surface area contributed by atoms with Gasteiger partial charge in [-0.2, -0.15) is 0 Å². The minimum absolute atomic E-state index is 0.413. The number of aryl methyl sites for hydroxylation is 2. The SMILES string of the molecule is CCCn1cncc1C(Nc1cccc(C)c1)C(N)=O. The van der Waals surface area contributed by atoms with Crippen LogP contribution in [0.15, 0.2) is 36.8 Å². The lowest BCUT2D eigenvalue weighted by atomic mass is 10.1. The van der Waals surface area contributed by atoms with Crippen LogP contribution < -0.4 is 11.1 Å². The fourth-order valence-corrected chi connectivity index (χ4v) is 2.19. The molecule has 3 N–H and O–H groups in total. The number of amides is 1. The molecular formula is C15H20N4O. The molecule has 2 rings (SSSR count). The topological polar surface area (TPSA) is 72.9 Å². The van der Waals surface area contributed by atoms with E-state index in [1.807, 2.05) is 35.8 Å². The standard InChI is InChI=1S/C15H20N4O/c1-3-7-19-10-17-9-13(19)14(15(16)20)18-12-6-4-5-11(2)8-12/h4-6,8-10,14,18H,3,7H2,1-2H3,(H2,16,20). The number of nitrogens with one attached hydrogen (secondary N) is 1. The number of aromatic nitrogens is 2. The van der Waals surface area contributed by atoms with Crippen molar-refractivity contribution in [1.82, 2.24) is 9.55 Å². The number of nitrogens with two attached hydrogens (primary N) is 1. The van der Waals surface area contributed by atoms with Crippen LogP contribution in [0, 0.1) is 6.92 Å². The van der Waals surface area contributed by atoms with Crippen molar-refractivity contribution in [3.05, 3.63) is 48.0 Å². The van der Waals surface area contributed by atoms with Crippen LogP contribution in [0.1, 0.15) is 30.6 Å². The van der Waals surface area contributed by atoms with Gasteiger partial charge in [0.1, 0.15) is 6.04 Å². The zero-order valence-corrected chi connectivity index (χ0v) is 11.8. The van der Waals surface area contributed by atoms with Crippen molar-refractivity contribution >= 4 is 11.6 Å². The van der Waals surface area contributed by atoms with Crippen LogP contribution >= 0.6 is 0 Å². The molecule has 0 aliphatic carbocycles. The summed E-state index contributed by atoms with van der Waals surface area (Å²) in [6, 6.07) is 7.27. The van der Waals surface area contributed by atoms with Crippen molar-refractivity contribution in [2.75, 3.05) is 5.32 Å². The van der Waals surface area contributed by atoms with Crippen LogP contribution in [-0.2, 0) is 11.3 Å². The molecule has 1 aromatic heterocycles. The molecule has 1 aromatic carbocycles. The fourth-order valence-electron chi connectivity index (χ4n) is 2.19. The second-order valence-corrected chi connectivity index (χ2v) is 4.86. The molecule has 0 spiro atoms. The molecule has 20 heavy (non-hydrogen) atoms. The Morgan fingerprint density at radius 2 is 2.30 bits per heavy atom. The maximum atomic E-state index is 11.8. The van der Waals surface area contributed by atoms with Gasteiger partial charge in [-0.3, -0.25) is 4.79 Å². The molecule has 0 saturated carbocycles. The summed E-state index contributed by atoms with van der Waals surface area (Å²) in [7, 11) is 0. The van der Waals surface area contributed by atoms with Gasteiger partial charge in [-0.1, -0.05) is 19.1 Å². The number of nitrogens with zero attached hydrogens (tertiary/aromatic N) is 2. The number of hydrogen-bond acceptors (Lipinski definition) is 3. The summed E-state index contributed by atoms with van der Waals surface area (Å²) in [5.41, 5.74) is 8.33. The van der Waals surface area contributed by atoms with Crippen molar-refractivity contribution in [2.24, 2.45) is 5.73 Å². The van der Waals surface area contributed by atoms with Crippen LogP contribution in [-0.4, -0.2) is 15.5 Å². The summed E-state index contributed by atoms with van der Waals surface area (Å²) in [4.78, 5) is 15.9. The first-order chi connectivity index (χ1) is 9.61. The Balaban J connectivity index is 2.27. The highest BCUT2D eigenvalue weighted by Gasteiger charge is 2.21. The third-order valence-electron chi connectivity index (χ3n) is 3.12. The second-order valence-electron chi connectivity index (χ2n) is 4.86. The summed E-state index contributed by atoms with van der Waals surface area (Å²) in [6.07, 6.45) is 4.39. The van der Waals surface area contributed by atoms with Crippen molar-refractivity contribution in [2.45, 2.75) is 32.9 Å². The zero-order valence-electron chi connectivity index (χ0n) is 11.8. The Kier molecular flexibility index (Phi) is 4.40. The number of carbonyl (C=O) groups excluding carboxylic acids is 1. The molecule has 0 fully saturated rings. The summed E-state index contributed by atoms with van der Waals surface area (Å²) < 4.78 is 1.96. The largest absolute Gasteiger partial charge is 0.369 e. The molecule has 1 amide bonds. The van der Waals surface area contributed by atoms with E-state index in [1.165, 1.54) is 0 Å². The van der Waals surface area contributed by atoms with E-state index >= 15 is 0 Å². The molecule has 2 aromatic rings. The molecule has 0 aliphatic rings. The molecule has 1 heterocycles. The number of imidazole rings is 1. The van der Waals surface area contributed by atoms with Gasteiger partial charge < -0.3 is 15.6 Å². The lowest BCUT2D eigenvalue weighted by Gasteiger charge is -2.18. The van der Waals surface area contributed by atoms with E-state index in [9.17, 15) is 4.79 Å². The van der Waals surface area contributed by atoms with E-state index in [-0.39, 0.29) is 0 Å². The first-order valence-corrected chi connectivity index (χ1v) is 6.74. The van der Waals surface area contributed by atoms with Crippen LogP contribution in [0.2, 0.25) is 0 Å². The van der Waals surface area contributed by atoms with E-state index in [1.54, 1.807) is 12.5 Å². The van der Waals surface area contributed by atoms with Gasteiger partial charge in [0.15, 0.2) is 0 Å². The van der Waals surface area contributed by atoms with E-state index in [4.69, 9.17) is 5.73 Å². The molecule has 5 nitrogen and oxygen atoms in total. The summed E-state index contributed by atoms with van der Waals surface area (Å²) >= 11 is 0. The van der Waals surface area contributed by atoms with E-state index in [0.717, 1.165) is 29.9 Å². The van der Waals surface area contributed by atoms with Gasteiger partial charge in [0, 0.05) is 12.2 Å². The number of benzene rings is 1. The normalized spacial score (nSPS) is 12.1. The van der Waals surface area contributed by atoms with Crippen LogP contribution in [0.4, 0.5) is 5.69 Å². The third-order valence-corrected chi connectivity index (χ3v) is 3.12. The van der Waals surface area contributed by atoms with Gasteiger partial charge in [-0.25, -0.2) is 4.98 Å². The van der Waals surface area contributed by atoms with Gasteiger partial charge in [0.25, 0.3) is 0 Å². The van der Waals surface area contributed by atoms with Crippen LogP contribution in [0.3, 0.4) is 0 Å². The molecule has 0 radical (unpaired) electrons. The van der Waals surface area contributed by atoms with Gasteiger partial charge in [-0.15, -0.1) is 0 Å². The first kappa shape index (κ1) is 14.1. The molecule has 0 saturated heterocycles. The van der Waals surface area contributed by atoms with Crippen LogP contribution in [0.25, 0.3) is 0 Å². The quantitative estimate of drug-likeness (QED) is 0.847. The van der Waals surface area contributed by atoms with Gasteiger partial charge in [0.05, 0.1) is 18.2 Å². The summed E-state index contributed by atoms with van der Waals surface area (Å²) in [5, 5.41) is 3.19. The Labute approximate surface area is 118 Å². The van der Waals surface area contributed by atoms with Gasteiger partial charge in [0.2, 0.25) is 5.91 Å². The lowest BCUT2D eigenvalue weighted by molar-refractivity contribution is -0.119. The predicted molar refractivity (Wildman–Crippen MR) is 79.3 cm³/mol. The maximum Gasteiger partial charge on any atom is 0.246 e. The molecule has 0 aliphatic heterocycles. The van der Waals surface area contributed by atoms with E-state index in [2.05, 4.69) is 17.2 Å². The maximum absolute atomic E-state index is 11.8. The Morgan fingerprint density at radius 1 is 1.50 bits per heavy atom. The van der Waals surface area contributed by atoms with Crippen molar-refractivity contribution in [3.8, 4) is 0 Å². The average molecular weight is 272 g/mol. The van der Waals surface area contributed by atoms with Crippen LogP contribution in [0.5, 0.6) is 0 Å². The highest BCUT2D eigenvalue weighted by atomic mass is 16.1. The summed E-state index contributed by atoms with van der Waals surface area (Å²) in [5.74, 6) is -0.413. The fraction of sp³-hybridized carbons (Fsp3) is 0.333. The monoisotopic (exact) mass is 272 g/mol. The molecule has 5 heteroatoms. The molecular weight excluding hydrogens is 252 g/mol. The van der Waals surface area contributed by atoms with Crippen molar-refractivity contribution in [3.63, 3.8) is 0 Å². The predicted octanol–water partition coefficient (Wildman–Crippen LogP) is 2.24. The number of primary amides is 1. The van der Waals surface area contributed by atoms with E-state index in [0.29, 0.717) is 0 Å². The molecule has 1 unspecified atom stereocenters. The van der Waals surface area contributed by atoms with E-state index < -0.39 is 11.9 Å².